The van der Waals surface area contributed by atoms with Crippen molar-refractivity contribution in [1.82, 2.24) is 4.98 Å². The lowest BCUT2D eigenvalue weighted by Crippen LogP contribution is -2.08. The maximum atomic E-state index is 12.6. The summed E-state index contributed by atoms with van der Waals surface area (Å²) in [6.07, 6.45) is -4.45. The third-order valence-electron chi connectivity index (χ3n) is 1.60. The maximum Gasteiger partial charge on any atom is 0.417 e. The van der Waals surface area contributed by atoms with Crippen molar-refractivity contribution in [3.8, 4) is 5.88 Å². The Labute approximate surface area is 88.1 Å². The van der Waals surface area contributed by atoms with E-state index >= 15 is 0 Å². The summed E-state index contributed by atoms with van der Waals surface area (Å²) in [4.78, 5) is 1.82. The molecule has 1 rings (SSSR count). The number of pyridine rings is 1. The summed E-state index contributed by atoms with van der Waals surface area (Å²) < 4.78 is 74.6. The summed E-state index contributed by atoms with van der Waals surface area (Å²) in [6, 6.07) is 0.126. The minimum Gasteiger partial charge on any atom is -0.480 e. The molecule has 0 N–H and O–H groups in total. The zero-order valence-corrected chi connectivity index (χ0v) is 8.56. The molecule has 0 radical (unpaired) electrons. The van der Waals surface area contributed by atoms with Crippen LogP contribution in [0.25, 0.3) is 0 Å². The first-order valence-corrected chi connectivity index (χ1v) is 5.10. The van der Waals surface area contributed by atoms with E-state index in [1.54, 1.807) is 0 Å². The van der Waals surface area contributed by atoms with Gasteiger partial charge in [-0.25, -0.2) is 4.98 Å². The predicted molar refractivity (Wildman–Crippen MR) is 44.1 cm³/mol. The van der Waals surface area contributed by atoms with Crippen molar-refractivity contribution in [2.45, 2.75) is 11.1 Å². The molecule has 0 saturated carbocycles. The van der Waals surface area contributed by atoms with E-state index in [0.717, 1.165) is 7.11 Å². The lowest BCUT2D eigenvalue weighted by Gasteiger charge is -2.08. The highest BCUT2D eigenvalue weighted by Gasteiger charge is 2.34. The Morgan fingerprint density at radius 3 is 2.31 bits per heavy atom. The highest BCUT2D eigenvalue weighted by Crippen LogP contribution is 2.33. The van der Waals surface area contributed by atoms with Crippen molar-refractivity contribution in [3.63, 3.8) is 0 Å². The molecule has 0 atom stereocenters. The van der Waals surface area contributed by atoms with Gasteiger partial charge in [-0.05, 0) is 6.07 Å². The van der Waals surface area contributed by atoms with Crippen LogP contribution in [-0.4, -0.2) is 20.5 Å². The summed E-state index contributed by atoms with van der Waals surface area (Å²) >= 11 is 0. The summed E-state index contributed by atoms with van der Waals surface area (Å²) in [5.74, 6) is -0.726. The van der Waals surface area contributed by atoms with E-state index in [1.807, 2.05) is 0 Å². The van der Waals surface area contributed by atoms with Crippen molar-refractivity contribution in [3.05, 3.63) is 17.8 Å². The van der Waals surface area contributed by atoms with Gasteiger partial charge in [-0.3, -0.25) is 0 Å². The normalized spacial score (nSPS) is 12.6. The van der Waals surface area contributed by atoms with Gasteiger partial charge in [-0.2, -0.15) is 21.6 Å². The molecule has 1 aromatic rings. The molecule has 0 aliphatic rings. The lowest BCUT2D eigenvalue weighted by molar-refractivity contribution is -0.138. The van der Waals surface area contributed by atoms with Crippen molar-refractivity contribution in [2.75, 3.05) is 7.11 Å². The van der Waals surface area contributed by atoms with Gasteiger partial charge in [0.05, 0.1) is 12.7 Å². The summed E-state index contributed by atoms with van der Waals surface area (Å²) in [6.45, 7) is 0. The van der Waals surface area contributed by atoms with E-state index in [4.69, 9.17) is 0 Å². The molecular formula is C7H5F4NO3S. The molecule has 4 nitrogen and oxygen atoms in total. The Bertz CT molecular complexity index is 497. The van der Waals surface area contributed by atoms with Crippen LogP contribution >= 0.6 is 0 Å². The molecule has 0 saturated heterocycles. The molecule has 1 aromatic heterocycles. The third-order valence-corrected chi connectivity index (χ3v) is 2.42. The molecule has 0 bridgehead atoms. The first-order valence-electron chi connectivity index (χ1n) is 3.72. The van der Waals surface area contributed by atoms with Crippen LogP contribution in [0.5, 0.6) is 5.88 Å². The fraction of sp³-hybridized carbons (Fsp3) is 0.286. The Hall–Kier alpha value is -1.38. The number of halogens is 4. The summed E-state index contributed by atoms with van der Waals surface area (Å²) in [7, 11) is -4.35. The van der Waals surface area contributed by atoms with E-state index < -0.39 is 32.7 Å². The molecule has 9 heteroatoms. The Morgan fingerprint density at radius 1 is 1.38 bits per heavy atom. The van der Waals surface area contributed by atoms with E-state index in [9.17, 15) is 25.5 Å². The van der Waals surface area contributed by atoms with Gasteiger partial charge in [0, 0.05) is 6.20 Å². The van der Waals surface area contributed by atoms with Crippen molar-refractivity contribution >= 4 is 10.2 Å². The lowest BCUT2D eigenvalue weighted by atomic mass is 10.3. The van der Waals surface area contributed by atoms with Crippen LogP contribution in [0.2, 0.25) is 0 Å². The molecule has 0 fully saturated rings. The second-order valence-corrected chi connectivity index (χ2v) is 3.98. The van der Waals surface area contributed by atoms with Crippen LogP contribution in [0.1, 0.15) is 5.56 Å². The maximum absolute atomic E-state index is 12.6. The smallest absolute Gasteiger partial charge is 0.417 e. The van der Waals surface area contributed by atoms with Crippen molar-refractivity contribution < 1.29 is 30.2 Å². The number of nitrogens with zero attached hydrogens (tertiary/aromatic N) is 1. The number of methoxy groups -OCH3 is 1. The Kier molecular flexibility index (Phi) is 3.08. The SMILES string of the molecule is COc1ncc(C(F)(F)F)cc1S(=O)(=O)F. The van der Waals surface area contributed by atoms with Crippen LogP contribution in [-0.2, 0) is 16.4 Å². The molecule has 90 valence electrons. The molecule has 1 heterocycles. The predicted octanol–water partition coefficient (Wildman–Crippen LogP) is 1.77. The number of aromatic nitrogens is 1. The van der Waals surface area contributed by atoms with Crippen molar-refractivity contribution in [2.24, 2.45) is 0 Å². The standard InChI is InChI=1S/C7H5F4NO3S/c1-15-6-5(16(11,13)14)2-4(3-12-6)7(8,9)10/h2-3H,1H3. The van der Waals surface area contributed by atoms with Crippen molar-refractivity contribution in [1.29, 1.82) is 0 Å². The monoisotopic (exact) mass is 259 g/mol. The van der Waals surface area contributed by atoms with Crippen LogP contribution < -0.4 is 4.74 Å². The zero-order valence-electron chi connectivity index (χ0n) is 7.75. The average molecular weight is 259 g/mol. The average Bonchev–Trinajstić information content (AvgIpc) is 2.14. The van der Waals surface area contributed by atoms with Gasteiger partial charge in [0.15, 0.2) is 4.90 Å². The third kappa shape index (κ3) is 2.60. The molecule has 0 spiro atoms. The number of rotatable bonds is 2. The Balaban J connectivity index is 3.46. The molecule has 16 heavy (non-hydrogen) atoms. The Morgan fingerprint density at radius 2 is 1.94 bits per heavy atom. The van der Waals surface area contributed by atoms with Gasteiger partial charge in [0.1, 0.15) is 0 Å². The van der Waals surface area contributed by atoms with E-state index in [0.29, 0.717) is 6.20 Å². The van der Waals surface area contributed by atoms with E-state index in [-0.39, 0.29) is 6.07 Å². The minimum absolute atomic E-state index is 0.126. The first kappa shape index (κ1) is 12.7. The van der Waals surface area contributed by atoms with Gasteiger partial charge in [-0.1, -0.05) is 0 Å². The van der Waals surface area contributed by atoms with Gasteiger partial charge in [0.25, 0.3) is 0 Å². The van der Waals surface area contributed by atoms with E-state index in [2.05, 4.69) is 9.72 Å². The topological polar surface area (TPSA) is 56.3 Å². The number of alkyl halides is 3. The molecule has 0 aliphatic carbocycles. The van der Waals surface area contributed by atoms with Crippen LogP contribution in [0, 0.1) is 0 Å². The van der Waals surface area contributed by atoms with Gasteiger partial charge < -0.3 is 4.74 Å². The molecule has 0 unspecified atom stereocenters. The van der Waals surface area contributed by atoms with Crippen LogP contribution in [0.4, 0.5) is 17.1 Å². The highest BCUT2D eigenvalue weighted by atomic mass is 32.3. The largest absolute Gasteiger partial charge is 0.480 e. The number of hydrogen-bond acceptors (Lipinski definition) is 4. The molecule has 0 aliphatic heterocycles. The zero-order chi connectivity index (χ0) is 12.6. The second kappa shape index (κ2) is 3.89. The number of hydrogen-bond donors (Lipinski definition) is 0. The van der Waals surface area contributed by atoms with Gasteiger partial charge in [-0.15, -0.1) is 3.89 Å². The quantitative estimate of drug-likeness (QED) is 0.600. The molecule has 0 aromatic carbocycles. The van der Waals surface area contributed by atoms with Gasteiger partial charge in [0.2, 0.25) is 5.88 Å². The summed E-state index contributed by atoms with van der Waals surface area (Å²) in [5.41, 5.74) is -1.37. The fourth-order valence-electron chi connectivity index (χ4n) is 0.915. The molecular weight excluding hydrogens is 254 g/mol. The summed E-state index contributed by atoms with van der Waals surface area (Å²) in [5, 5.41) is 0. The second-order valence-electron chi connectivity index (χ2n) is 2.67. The van der Waals surface area contributed by atoms with Gasteiger partial charge >= 0.3 is 16.4 Å². The highest BCUT2D eigenvalue weighted by molar-refractivity contribution is 7.86. The molecule has 0 amide bonds. The minimum atomic E-state index is -5.32. The first-order chi connectivity index (χ1) is 7.16. The number of ether oxygens (including phenoxy) is 1. The fourth-order valence-corrected chi connectivity index (χ4v) is 1.53. The van der Waals surface area contributed by atoms with Crippen LogP contribution in [0.15, 0.2) is 17.2 Å². The van der Waals surface area contributed by atoms with Crippen LogP contribution in [0.3, 0.4) is 0 Å². The van der Waals surface area contributed by atoms with E-state index in [1.165, 1.54) is 0 Å².